The van der Waals surface area contributed by atoms with E-state index in [2.05, 4.69) is 26.4 Å². The number of benzene rings is 2. The first-order chi connectivity index (χ1) is 23.3. The number of methoxy groups -OCH3 is 1. The summed E-state index contributed by atoms with van der Waals surface area (Å²) in [6.45, 7) is 1.54. The standard InChI is InChI=1S/C37H37FN8O2/c1-43-34-28(14-24(16-31(34)48-3)37(47)46-19-23-9-13-29(46)32(23)39)42-36(43)30-15-22-8-12-27(41-35(22)45(30)18-20-4-5-20)26-17-40-44(2)33(26)21-6-10-25(38)11-7-21/h6-8,10-12,14-17,20,23,29,32H,4-5,9,13,18-19,39H2,1-3H3/t23?,29?,32-/m1/s1. The lowest BCUT2D eigenvalue weighted by Gasteiger charge is -2.27. The third-order valence-corrected chi connectivity index (χ3v) is 10.8. The molecule has 2 aromatic carbocycles. The van der Waals surface area contributed by atoms with Gasteiger partial charge in [0, 0.05) is 61.3 Å². The zero-order valence-electron chi connectivity index (χ0n) is 27.2. The Labute approximate surface area is 276 Å². The number of nitrogens with two attached hydrogens (primary N) is 1. The SMILES string of the molecule is COc1cc(C(=O)N2CC3CCC2[C@@H]3N)cc2nc(-c3cc4ccc(-c5cnn(C)c5-c5ccc(F)cc5)nc4n3CC3CC3)n(C)c12. The van der Waals surface area contributed by atoms with Gasteiger partial charge in [-0.25, -0.2) is 14.4 Å². The van der Waals surface area contributed by atoms with Crippen molar-refractivity contribution < 1.29 is 13.9 Å². The summed E-state index contributed by atoms with van der Waals surface area (Å²) in [5.41, 5.74) is 13.8. The molecule has 2 aliphatic carbocycles. The highest BCUT2D eigenvalue weighted by atomic mass is 19.1. The van der Waals surface area contributed by atoms with E-state index < -0.39 is 0 Å². The van der Waals surface area contributed by atoms with Crippen molar-refractivity contribution in [1.82, 2.24) is 33.8 Å². The molecule has 244 valence electrons. The van der Waals surface area contributed by atoms with Gasteiger partial charge in [0.25, 0.3) is 5.91 Å². The molecular formula is C37H37FN8O2. The van der Waals surface area contributed by atoms with Gasteiger partial charge in [-0.1, -0.05) is 0 Å². The molecule has 2 bridgehead atoms. The Kier molecular flexibility index (Phi) is 6.52. The molecule has 3 aliphatic rings. The fraction of sp³-hybridized carbons (Fsp3) is 0.351. The molecule has 10 nitrogen and oxygen atoms in total. The Morgan fingerprint density at radius 2 is 1.83 bits per heavy atom. The van der Waals surface area contributed by atoms with Gasteiger partial charge < -0.3 is 24.5 Å². The van der Waals surface area contributed by atoms with Crippen LogP contribution in [0.3, 0.4) is 0 Å². The number of halogens is 1. The van der Waals surface area contributed by atoms with Gasteiger partial charge in [0.15, 0.2) is 5.82 Å². The Hall–Kier alpha value is -5.03. The molecule has 3 fully saturated rings. The predicted molar refractivity (Wildman–Crippen MR) is 182 cm³/mol. The van der Waals surface area contributed by atoms with Crippen LogP contribution in [-0.2, 0) is 20.6 Å². The van der Waals surface area contributed by atoms with Crippen LogP contribution in [0.2, 0.25) is 0 Å². The van der Waals surface area contributed by atoms with Crippen LogP contribution in [-0.4, -0.2) is 65.4 Å². The molecule has 0 spiro atoms. The molecule has 2 saturated carbocycles. The van der Waals surface area contributed by atoms with E-state index in [0.29, 0.717) is 35.2 Å². The second-order valence-corrected chi connectivity index (χ2v) is 13.7. The fourth-order valence-electron chi connectivity index (χ4n) is 8.05. The number of hydrogen-bond donors (Lipinski definition) is 1. The number of pyridine rings is 1. The number of ether oxygens (including phenoxy) is 1. The molecule has 3 atom stereocenters. The molecule has 2 unspecified atom stereocenters. The Bertz CT molecular complexity index is 2250. The van der Waals surface area contributed by atoms with E-state index >= 15 is 0 Å². The molecular weight excluding hydrogens is 607 g/mol. The number of imidazole rings is 1. The molecule has 1 saturated heterocycles. The summed E-state index contributed by atoms with van der Waals surface area (Å²) >= 11 is 0. The van der Waals surface area contributed by atoms with Crippen molar-refractivity contribution in [3.8, 4) is 39.8 Å². The number of amides is 1. The number of nitrogens with zero attached hydrogens (tertiary/aromatic N) is 7. The highest BCUT2D eigenvalue weighted by molar-refractivity contribution is 6.00. The van der Waals surface area contributed by atoms with Gasteiger partial charge in [-0.15, -0.1) is 0 Å². The average molecular weight is 645 g/mol. The number of aromatic nitrogens is 6. The molecule has 0 radical (unpaired) electrons. The maximum absolute atomic E-state index is 13.8. The molecule has 11 heteroatoms. The predicted octanol–water partition coefficient (Wildman–Crippen LogP) is 5.78. The smallest absolute Gasteiger partial charge is 0.254 e. The lowest BCUT2D eigenvalue weighted by Crippen LogP contribution is -2.41. The third-order valence-electron chi connectivity index (χ3n) is 10.8. The van der Waals surface area contributed by atoms with Crippen molar-refractivity contribution in [3.63, 3.8) is 0 Å². The van der Waals surface area contributed by atoms with Gasteiger partial charge in [-0.2, -0.15) is 5.10 Å². The summed E-state index contributed by atoms with van der Waals surface area (Å²) in [6.07, 6.45) is 6.23. The summed E-state index contributed by atoms with van der Waals surface area (Å²) in [4.78, 5) is 26.1. The Morgan fingerprint density at radius 1 is 1.02 bits per heavy atom. The number of piperidine rings is 1. The van der Waals surface area contributed by atoms with E-state index in [-0.39, 0.29) is 23.8 Å². The van der Waals surface area contributed by atoms with Gasteiger partial charge in [0.05, 0.1) is 35.9 Å². The van der Waals surface area contributed by atoms with Crippen LogP contribution in [0.4, 0.5) is 4.39 Å². The third kappa shape index (κ3) is 4.47. The van der Waals surface area contributed by atoms with Crippen LogP contribution < -0.4 is 10.5 Å². The number of likely N-dealkylation sites (tertiary alicyclic amines) is 1. The Morgan fingerprint density at radius 3 is 2.54 bits per heavy atom. The molecule has 48 heavy (non-hydrogen) atoms. The molecule has 5 heterocycles. The molecule has 9 rings (SSSR count). The minimum atomic E-state index is -0.280. The number of hydrogen-bond acceptors (Lipinski definition) is 6. The lowest BCUT2D eigenvalue weighted by atomic mass is 10.0. The number of carbonyl (C=O) groups is 1. The highest BCUT2D eigenvalue weighted by Crippen LogP contribution is 2.41. The molecule has 6 aromatic rings. The van der Waals surface area contributed by atoms with Crippen molar-refractivity contribution in [3.05, 3.63) is 72.2 Å². The van der Waals surface area contributed by atoms with E-state index in [9.17, 15) is 9.18 Å². The maximum atomic E-state index is 13.8. The zero-order chi connectivity index (χ0) is 32.8. The van der Waals surface area contributed by atoms with Crippen molar-refractivity contribution in [2.24, 2.45) is 31.7 Å². The van der Waals surface area contributed by atoms with Crippen molar-refractivity contribution in [1.29, 1.82) is 0 Å². The summed E-state index contributed by atoms with van der Waals surface area (Å²) in [5, 5.41) is 5.55. The fourth-order valence-corrected chi connectivity index (χ4v) is 8.05. The average Bonchev–Trinajstić information content (AvgIpc) is 3.30. The topological polar surface area (TPSA) is 109 Å². The van der Waals surface area contributed by atoms with Gasteiger partial charge >= 0.3 is 0 Å². The summed E-state index contributed by atoms with van der Waals surface area (Å²) in [6, 6.07) is 16.6. The van der Waals surface area contributed by atoms with Crippen LogP contribution in [0.25, 0.3) is 56.1 Å². The van der Waals surface area contributed by atoms with Crippen molar-refractivity contribution in [2.45, 2.75) is 44.3 Å². The van der Waals surface area contributed by atoms with Gasteiger partial charge in [0.1, 0.15) is 22.7 Å². The second kappa shape index (κ2) is 10.7. The maximum Gasteiger partial charge on any atom is 0.254 e. The van der Waals surface area contributed by atoms with Crippen LogP contribution in [0, 0.1) is 17.7 Å². The highest BCUT2D eigenvalue weighted by Gasteiger charge is 2.47. The molecule has 1 aliphatic heterocycles. The first kappa shape index (κ1) is 29.1. The monoisotopic (exact) mass is 644 g/mol. The zero-order valence-corrected chi connectivity index (χ0v) is 27.2. The summed E-state index contributed by atoms with van der Waals surface area (Å²) < 4.78 is 25.8. The minimum absolute atomic E-state index is 0.0139. The minimum Gasteiger partial charge on any atom is -0.494 e. The number of aryl methyl sites for hydroxylation is 2. The van der Waals surface area contributed by atoms with E-state index in [1.807, 2.05) is 43.4 Å². The van der Waals surface area contributed by atoms with Gasteiger partial charge in [-0.05, 0) is 92.1 Å². The first-order valence-corrected chi connectivity index (χ1v) is 16.7. The van der Waals surface area contributed by atoms with Gasteiger partial charge in [-0.3, -0.25) is 9.48 Å². The Balaban J connectivity index is 1.15. The quantitative estimate of drug-likeness (QED) is 0.236. The second-order valence-electron chi connectivity index (χ2n) is 13.7. The summed E-state index contributed by atoms with van der Waals surface area (Å²) in [5.74, 6) is 2.05. The van der Waals surface area contributed by atoms with Crippen molar-refractivity contribution in [2.75, 3.05) is 13.7 Å². The normalized spacial score (nSPS) is 20.4. The van der Waals surface area contributed by atoms with Crippen LogP contribution in [0.15, 0.2) is 60.8 Å². The van der Waals surface area contributed by atoms with Crippen LogP contribution in [0.1, 0.15) is 36.0 Å². The first-order valence-electron chi connectivity index (χ1n) is 16.7. The number of carbonyl (C=O) groups excluding carboxylic acids is 1. The molecule has 1 amide bonds. The number of fused-ring (bicyclic) bond motifs is 4. The molecule has 4 aromatic heterocycles. The van der Waals surface area contributed by atoms with Crippen LogP contribution in [0.5, 0.6) is 5.75 Å². The van der Waals surface area contributed by atoms with E-state index in [4.69, 9.17) is 20.4 Å². The van der Waals surface area contributed by atoms with Crippen molar-refractivity contribution >= 4 is 28.0 Å². The molecule has 2 N–H and O–H groups in total. The van der Waals surface area contributed by atoms with Gasteiger partial charge in [0.2, 0.25) is 0 Å². The summed E-state index contributed by atoms with van der Waals surface area (Å²) in [7, 11) is 5.52. The van der Waals surface area contributed by atoms with E-state index in [1.54, 1.807) is 23.9 Å². The largest absolute Gasteiger partial charge is 0.494 e. The van der Waals surface area contributed by atoms with Crippen LogP contribution >= 0.6 is 0 Å². The van der Waals surface area contributed by atoms with E-state index in [1.165, 1.54) is 25.0 Å². The number of rotatable bonds is 7. The lowest BCUT2D eigenvalue weighted by molar-refractivity contribution is 0.0700. The van der Waals surface area contributed by atoms with E-state index in [0.717, 1.165) is 70.0 Å².